The minimum Gasteiger partial charge on any atom is -0.340 e. The van der Waals surface area contributed by atoms with E-state index in [0.717, 1.165) is 5.69 Å². The van der Waals surface area contributed by atoms with Gasteiger partial charge in [-0.25, -0.2) is 13.4 Å². The zero-order valence-corrected chi connectivity index (χ0v) is 17.1. The van der Waals surface area contributed by atoms with Gasteiger partial charge in [0.25, 0.3) is 5.91 Å². The van der Waals surface area contributed by atoms with Gasteiger partial charge in [-0.1, -0.05) is 12.1 Å². The molecule has 1 N–H and O–H groups in total. The van der Waals surface area contributed by atoms with Crippen LogP contribution in [0, 0.1) is 0 Å². The third kappa shape index (κ3) is 3.42. The smallest absolute Gasteiger partial charge is 0.260 e. The van der Waals surface area contributed by atoms with Crippen LogP contribution in [0.4, 0.5) is 28.7 Å². The molecule has 7 nitrogen and oxygen atoms in total. The second kappa shape index (κ2) is 6.89. The molecule has 0 unspecified atom stereocenters. The van der Waals surface area contributed by atoms with Gasteiger partial charge >= 0.3 is 0 Å². The summed E-state index contributed by atoms with van der Waals surface area (Å²) in [5.74, 6) is 1.14. The molecule has 0 bridgehead atoms. The molecular formula is C21H20N4O3S. The van der Waals surface area contributed by atoms with Gasteiger partial charge in [0.15, 0.2) is 15.7 Å². The number of amides is 1. The Balaban J connectivity index is 1.71. The number of rotatable bonds is 3. The van der Waals surface area contributed by atoms with Crippen molar-refractivity contribution in [2.45, 2.75) is 4.90 Å². The van der Waals surface area contributed by atoms with Crippen molar-refractivity contribution < 1.29 is 13.2 Å². The molecule has 2 aromatic carbocycles. The van der Waals surface area contributed by atoms with E-state index in [0.29, 0.717) is 28.6 Å². The van der Waals surface area contributed by atoms with Gasteiger partial charge in [-0.3, -0.25) is 4.79 Å². The molecule has 0 radical (unpaired) electrons. The predicted octanol–water partition coefficient (Wildman–Crippen LogP) is 3.59. The zero-order valence-electron chi connectivity index (χ0n) is 16.2. The van der Waals surface area contributed by atoms with E-state index >= 15 is 0 Å². The second-order valence-electron chi connectivity index (χ2n) is 6.90. The summed E-state index contributed by atoms with van der Waals surface area (Å²) in [6.07, 6.45) is 1.18. The van der Waals surface area contributed by atoms with E-state index in [1.165, 1.54) is 6.26 Å². The first-order chi connectivity index (χ1) is 13.8. The highest BCUT2D eigenvalue weighted by Crippen LogP contribution is 2.38. The van der Waals surface area contributed by atoms with Crippen LogP contribution >= 0.6 is 0 Å². The van der Waals surface area contributed by atoms with Crippen molar-refractivity contribution in [3.8, 4) is 0 Å². The molecule has 0 saturated heterocycles. The van der Waals surface area contributed by atoms with Crippen molar-refractivity contribution >= 4 is 44.4 Å². The number of carbonyl (C=O) groups excluding carboxylic acids is 1. The van der Waals surface area contributed by atoms with Crippen LogP contribution < -0.4 is 15.1 Å². The lowest BCUT2D eigenvalue weighted by molar-refractivity contribution is 0.0994. The number of nitrogens with zero attached hydrogens (tertiary/aromatic N) is 3. The van der Waals surface area contributed by atoms with E-state index in [1.807, 2.05) is 36.2 Å². The summed E-state index contributed by atoms with van der Waals surface area (Å²) >= 11 is 0. The number of hydrogen-bond donors (Lipinski definition) is 1. The maximum atomic E-state index is 12.8. The second-order valence-corrected chi connectivity index (χ2v) is 8.92. The van der Waals surface area contributed by atoms with Crippen LogP contribution in [-0.4, -0.2) is 39.7 Å². The van der Waals surface area contributed by atoms with Gasteiger partial charge in [-0.05, 0) is 48.5 Å². The molecular weight excluding hydrogens is 388 g/mol. The van der Waals surface area contributed by atoms with E-state index in [-0.39, 0.29) is 10.8 Å². The lowest BCUT2D eigenvalue weighted by Gasteiger charge is -2.22. The molecule has 8 heteroatoms. The molecule has 4 rings (SSSR count). The van der Waals surface area contributed by atoms with Crippen molar-refractivity contribution in [3.05, 3.63) is 66.2 Å². The summed E-state index contributed by atoms with van der Waals surface area (Å²) in [7, 11) is 0.366. The Morgan fingerprint density at radius 1 is 0.862 bits per heavy atom. The van der Waals surface area contributed by atoms with Crippen LogP contribution in [0.2, 0.25) is 0 Å². The first-order valence-corrected chi connectivity index (χ1v) is 10.8. The summed E-state index contributed by atoms with van der Waals surface area (Å²) < 4.78 is 23.2. The molecule has 1 aromatic heterocycles. The van der Waals surface area contributed by atoms with Gasteiger partial charge in [0.2, 0.25) is 0 Å². The number of nitrogens with one attached hydrogen (secondary N) is 1. The van der Waals surface area contributed by atoms with Crippen molar-refractivity contribution in [1.82, 2.24) is 4.98 Å². The molecule has 0 aliphatic carbocycles. The SMILES string of the molecule is CN1C(=O)c2ccccc2N(C)c2nc(Nc3ccc(S(C)(=O)=O)cc3)ccc21. The third-order valence-electron chi connectivity index (χ3n) is 4.89. The quantitative estimate of drug-likeness (QED) is 0.713. The van der Waals surface area contributed by atoms with Crippen LogP contribution in [-0.2, 0) is 9.84 Å². The van der Waals surface area contributed by atoms with Gasteiger partial charge in [0.05, 0.1) is 21.8 Å². The zero-order chi connectivity index (χ0) is 20.8. The maximum absolute atomic E-state index is 12.8. The number of anilines is 5. The lowest BCUT2D eigenvalue weighted by Crippen LogP contribution is -2.25. The topological polar surface area (TPSA) is 82.6 Å². The van der Waals surface area contributed by atoms with E-state index in [2.05, 4.69) is 5.32 Å². The number of aromatic nitrogens is 1. The minimum absolute atomic E-state index is 0.0925. The molecule has 0 atom stereocenters. The molecule has 0 saturated carbocycles. The Morgan fingerprint density at radius 2 is 1.55 bits per heavy atom. The summed E-state index contributed by atoms with van der Waals surface area (Å²) in [4.78, 5) is 21.3. The van der Waals surface area contributed by atoms with Crippen LogP contribution in [0.15, 0.2) is 65.6 Å². The van der Waals surface area contributed by atoms with Gasteiger partial charge < -0.3 is 15.1 Å². The summed E-state index contributed by atoms with van der Waals surface area (Å²) in [5, 5.41) is 3.19. The number of pyridine rings is 1. The van der Waals surface area contributed by atoms with Crippen molar-refractivity contribution in [3.63, 3.8) is 0 Å². The normalized spacial score (nSPS) is 13.6. The van der Waals surface area contributed by atoms with Crippen molar-refractivity contribution in [2.75, 3.05) is 35.5 Å². The van der Waals surface area contributed by atoms with Crippen LogP contribution in [0.25, 0.3) is 0 Å². The summed E-state index contributed by atoms with van der Waals surface area (Å²) in [6.45, 7) is 0. The van der Waals surface area contributed by atoms with Crippen molar-refractivity contribution in [2.24, 2.45) is 0 Å². The highest BCUT2D eigenvalue weighted by molar-refractivity contribution is 7.90. The van der Waals surface area contributed by atoms with Crippen LogP contribution in [0.5, 0.6) is 0 Å². The predicted molar refractivity (Wildman–Crippen MR) is 114 cm³/mol. The van der Waals surface area contributed by atoms with E-state index in [9.17, 15) is 13.2 Å². The van der Waals surface area contributed by atoms with Crippen molar-refractivity contribution in [1.29, 1.82) is 0 Å². The minimum atomic E-state index is -3.24. The highest BCUT2D eigenvalue weighted by Gasteiger charge is 2.28. The van der Waals surface area contributed by atoms with E-state index in [1.54, 1.807) is 48.3 Å². The number of para-hydroxylation sites is 1. The maximum Gasteiger partial charge on any atom is 0.260 e. The van der Waals surface area contributed by atoms with E-state index < -0.39 is 9.84 Å². The molecule has 3 aromatic rings. The van der Waals surface area contributed by atoms with Crippen LogP contribution in [0.1, 0.15) is 10.4 Å². The fourth-order valence-electron chi connectivity index (χ4n) is 3.30. The largest absolute Gasteiger partial charge is 0.340 e. The number of fused-ring (bicyclic) bond motifs is 2. The van der Waals surface area contributed by atoms with Gasteiger partial charge in [-0.2, -0.15) is 0 Å². The molecule has 1 aliphatic rings. The molecule has 1 amide bonds. The standard InChI is InChI=1S/C21H20N4O3S/c1-24-17-7-5-4-6-16(17)21(26)25(2)18-12-13-19(23-20(18)24)22-14-8-10-15(11-9-14)29(3,27)28/h4-13H,1-3H3,(H,22,23). The summed E-state index contributed by atoms with van der Waals surface area (Å²) in [5.41, 5.74) is 2.81. The lowest BCUT2D eigenvalue weighted by atomic mass is 10.1. The van der Waals surface area contributed by atoms with Gasteiger partial charge in [0.1, 0.15) is 5.82 Å². The number of benzene rings is 2. The summed E-state index contributed by atoms with van der Waals surface area (Å²) in [6, 6.07) is 17.5. The Bertz CT molecular complexity index is 1210. The molecule has 29 heavy (non-hydrogen) atoms. The molecule has 2 heterocycles. The average molecular weight is 408 g/mol. The monoisotopic (exact) mass is 408 g/mol. The molecule has 0 fully saturated rings. The Kier molecular flexibility index (Phi) is 4.50. The Morgan fingerprint density at radius 3 is 2.24 bits per heavy atom. The average Bonchev–Trinajstić information content (AvgIpc) is 2.78. The van der Waals surface area contributed by atoms with Gasteiger partial charge in [-0.15, -0.1) is 0 Å². The number of hydrogen-bond acceptors (Lipinski definition) is 6. The molecule has 1 aliphatic heterocycles. The highest BCUT2D eigenvalue weighted by atomic mass is 32.2. The number of carbonyl (C=O) groups is 1. The fourth-order valence-corrected chi connectivity index (χ4v) is 3.93. The van der Waals surface area contributed by atoms with Crippen LogP contribution in [0.3, 0.4) is 0 Å². The molecule has 148 valence electrons. The van der Waals surface area contributed by atoms with Gasteiger partial charge in [0, 0.05) is 26.0 Å². The first-order valence-electron chi connectivity index (χ1n) is 8.95. The number of sulfone groups is 1. The Labute approximate surface area is 169 Å². The Hall–Kier alpha value is -3.39. The molecule has 0 spiro atoms. The first kappa shape index (κ1) is 18.9. The van der Waals surface area contributed by atoms with E-state index in [4.69, 9.17) is 4.98 Å². The fraction of sp³-hybridized carbons (Fsp3) is 0.143. The third-order valence-corrected chi connectivity index (χ3v) is 6.02.